The van der Waals surface area contributed by atoms with Crippen LogP contribution in [0.5, 0.6) is 5.75 Å². The van der Waals surface area contributed by atoms with Crippen molar-refractivity contribution in [2.75, 3.05) is 20.2 Å². The lowest BCUT2D eigenvalue weighted by Gasteiger charge is -2.35. The van der Waals surface area contributed by atoms with Gasteiger partial charge in [-0.3, -0.25) is 4.90 Å². The molecule has 3 nitrogen and oxygen atoms in total. The van der Waals surface area contributed by atoms with Gasteiger partial charge in [-0.2, -0.15) is 0 Å². The summed E-state index contributed by atoms with van der Waals surface area (Å²) in [5, 5.41) is 3.67. The Kier molecular flexibility index (Phi) is 5.65. The van der Waals surface area contributed by atoms with Gasteiger partial charge in [0.15, 0.2) is 0 Å². The molecule has 0 aromatic heterocycles. The van der Waals surface area contributed by atoms with Gasteiger partial charge in [-0.15, -0.1) is 0 Å². The molecule has 1 aromatic carbocycles. The fraction of sp³-hybridized carbons (Fsp3) is 0.667. The Morgan fingerprint density at radius 1 is 1.29 bits per heavy atom. The van der Waals surface area contributed by atoms with E-state index >= 15 is 0 Å². The lowest BCUT2D eigenvalue weighted by atomic mass is 9.98. The first-order valence-corrected chi connectivity index (χ1v) is 8.19. The summed E-state index contributed by atoms with van der Waals surface area (Å²) in [7, 11) is 1.71. The zero-order valence-electron chi connectivity index (χ0n) is 14.1. The molecular weight excluding hydrogens is 260 g/mol. The van der Waals surface area contributed by atoms with E-state index in [4.69, 9.17) is 4.74 Å². The van der Waals surface area contributed by atoms with E-state index in [-0.39, 0.29) is 0 Å². The molecule has 1 aliphatic rings. The van der Waals surface area contributed by atoms with Crippen molar-refractivity contribution in [2.24, 2.45) is 5.92 Å². The first kappa shape index (κ1) is 16.3. The standard InChI is InChI=1S/C18H30N2O/c1-6-19-18(16-7-9-17(21-5)10-8-16)15(4)20-12-13(2)11-14(20)3/h7-10,13-15,18-19H,6,11-12H2,1-5H3. The highest BCUT2D eigenvalue weighted by molar-refractivity contribution is 5.30. The van der Waals surface area contributed by atoms with Crippen LogP contribution in [-0.2, 0) is 0 Å². The van der Waals surface area contributed by atoms with E-state index in [0.717, 1.165) is 18.2 Å². The van der Waals surface area contributed by atoms with Crippen LogP contribution in [0.15, 0.2) is 24.3 Å². The van der Waals surface area contributed by atoms with Crippen LogP contribution in [0.3, 0.4) is 0 Å². The Labute approximate surface area is 129 Å². The van der Waals surface area contributed by atoms with Crippen LogP contribution in [0.4, 0.5) is 0 Å². The molecule has 3 heteroatoms. The topological polar surface area (TPSA) is 24.5 Å². The molecule has 0 amide bonds. The summed E-state index contributed by atoms with van der Waals surface area (Å²) in [6, 6.07) is 10.0. The summed E-state index contributed by atoms with van der Waals surface area (Å²) >= 11 is 0. The zero-order chi connectivity index (χ0) is 15.4. The normalized spacial score (nSPS) is 25.8. The molecule has 21 heavy (non-hydrogen) atoms. The summed E-state index contributed by atoms with van der Waals surface area (Å²) < 4.78 is 5.27. The number of likely N-dealkylation sites (tertiary alicyclic amines) is 1. The van der Waals surface area contributed by atoms with Gasteiger partial charge in [0.2, 0.25) is 0 Å². The second-order valence-electron chi connectivity index (χ2n) is 6.44. The third-order valence-electron chi connectivity index (χ3n) is 4.74. The van der Waals surface area contributed by atoms with Crippen LogP contribution in [-0.4, -0.2) is 37.2 Å². The summed E-state index contributed by atoms with van der Waals surface area (Å²) in [6.45, 7) is 11.4. The van der Waals surface area contributed by atoms with Crippen LogP contribution in [0.25, 0.3) is 0 Å². The summed E-state index contributed by atoms with van der Waals surface area (Å²) in [5.41, 5.74) is 1.34. The first-order chi connectivity index (χ1) is 10.1. The maximum absolute atomic E-state index is 5.27. The SMILES string of the molecule is CCNC(c1ccc(OC)cc1)C(C)N1CC(C)CC1C. The van der Waals surface area contributed by atoms with Gasteiger partial charge in [-0.25, -0.2) is 0 Å². The molecule has 0 aliphatic carbocycles. The summed E-state index contributed by atoms with van der Waals surface area (Å²) in [6.07, 6.45) is 1.31. The molecule has 1 aromatic rings. The third-order valence-corrected chi connectivity index (χ3v) is 4.74. The van der Waals surface area contributed by atoms with E-state index in [1.807, 2.05) is 0 Å². The molecular formula is C18H30N2O. The minimum Gasteiger partial charge on any atom is -0.497 e. The number of benzene rings is 1. The van der Waals surface area contributed by atoms with Crippen molar-refractivity contribution < 1.29 is 4.74 Å². The minimum atomic E-state index is 0.369. The molecule has 4 unspecified atom stereocenters. The van der Waals surface area contributed by atoms with Crippen LogP contribution in [0, 0.1) is 5.92 Å². The fourth-order valence-electron chi connectivity index (χ4n) is 3.69. The number of methoxy groups -OCH3 is 1. The number of hydrogen-bond donors (Lipinski definition) is 1. The van der Waals surface area contributed by atoms with Gasteiger partial charge in [0.05, 0.1) is 7.11 Å². The number of ether oxygens (including phenoxy) is 1. The summed E-state index contributed by atoms with van der Waals surface area (Å²) in [4.78, 5) is 2.65. The van der Waals surface area contributed by atoms with E-state index in [2.05, 4.69) is 62.2 Å². The van der Waals surface area contributed by atoms with Gasteiger partial charge < -0.3 is 10.1 Å². The lowest BCUT2D eigenvalue weighted by molar-refractivity contribution is 0.161. The highest BCUT2D eigenvalue weighted by Gasteiger charge is 2.33. The second-order valence-corrected chi connectivity index (χ2v) is 6.44. The molecule has 0 spiro atoms. The number of nitrogens with zero attached hydrogens (tertiary/aromatic N) is 1. The average molecular weight is 290 g/mol. The molecule has 4 atom stereocenters. The Balaban J connectivity index is 2.16. The molecule has 2 rings (SSSR count). The quantitative estimate of drug-likeness (QED) is 0.868. The fourth-order valence-corrected chi connectivity index (χ4v) is 3.69. The van der Waals surface area contributed by atoms with Crippen molar-refractivity contribution in [1.29, 1.82) is 0 Å². The van der Waals surface area contributed by atoms with Crippen LogP contribution < -0.4 is 10.1 Å². The van der Waals surface area contributed by atoms with Gasteiger partial charge in [0.25, 0.3) is 0 Å². The van der Waals surface area contributed by atoms with Gasteiger partial charge in [-0.1, -0.05) is 26.0 Å². The highest BCUT2D eigenvalue weighted by atomic mass is 16.5. The zero-order valence-corrected chi connectivity index (χ0v) is 14.1. The smallest absolute Gasteiger partial charge is 0.118 e. The predicted molar refractivity (Wildman–Crippen MR) is 88.8 cm³/mol. The number of hydrogen-bond acceptors (Lipinski definition) is 3. The van der Waals surface area contributed by atoms with Gasteiger partial charge in [-0.05, 0) is 50.4 Å². The number of likely N-dealkylation sites (N-methyl/N-ethyl adjacent to an activating group) is 1. The Bertz CT molecular complexity index is 431. The predicted octanol–water partition coefficient (Wildman–Crippen LogP) is 3.46. The van der Waals surface area contributed by atoms with E-state index in [0.29, 0.717) is 18.1 Å². The van der Waals surface area contributed by atoms with Crippen molar-refractivity contribution in [2.45, 2.75) is 52.2 Å². The molecule has 1 N–H and O–H groups in total. The Hall–Kier alpha value is -1.06. The molecule has 1 aliphatic heterocycles. The maximum atomic E-state index is 5.27. The first-order valence-electron chi connectivity index (χ1n) is 8.19. The molecule has 0 bridgehead atoms. The van der Waals surface area contributed by atoms with Crippen LogP contribution >= 0.6 is 0 Å². The van der Waals surface area contributed by atoms with E-state index in [9.17, 15) is 0 Å². The molecule has 1 saturated heterocycles. The van der Waals surface area contributed by atoms with Crippen molar-refractivity contribution in [3.63, 3.8) is 0 Å². The molecule has 0 saturated carbocycles. The lowest BCUT2D eigenvalue weighted by Crippen LogP contribution is -2.44. The maximum Gasteiger partial charge on any atom is 0.118 e. The minimum absolute atomic E-state index is 0.369. The van der Waals surface area contributed by atoms with Gasteiger partial charge in [0, 0.05) is 24.7 Å². The van der Waals surface area contributed by atoms with Gasteiger partial charge in [0.1, 0.15) is 5.75 Å². The molecule has 1 fully saturated rings. The van der Waals surface area contributed by atoms with Crippen molar-refractivity contribution >= 4 is 0 Å². The van der Waals surface area contributed by atoms with Gasteiger partial charge >= 0.3 is 0 Å². The van der Waals surface area contributed by atoms with Crippen molar-refractivity contribution in [1.82, 2.24) is 10.2 Å². The van der Waals surface area contributed by atoms with Crippen LogP contribution in [0.2, 0.25) is 0 Å². The summed E-state index contributed by atoms with van der Waals surface area (Å²) in [5.74, 6) is 1.73. The molecule has 0 radical (unpaired) electrons. The number of nitrogens with one attached hydrogen (secondary N) is 1. The monoisotopic (exact) mass is 290 g/mol. The van der Waals surface area contributed by atoms with Crippen molar-refractivity contribution in [3.8, 4) is 5.75 Å². The average Bonchev–Trinajstić information content (AvgIpc) is 2.83. The molecule has 1 heterocycles. The van der Waals surface area contributed by atoms with Crippen LogP contribution in [0.1, 0.15) is 45.7 Å². The van der Waals surface area contributed by atoms with E-state index in [1.54, 1.807) is 7.11 Å². The molecule has 118 valence electrons. The third kappa shape index (κ3) is 3.78. The largest absolute Gasteiger partial charge is 0.497 e. The Morgan fingerprint density at radius 3 is 2.43 bits per heavy atom. The van der Waals surface area contributed by atoms with Crippen molar-refractivity contribution in [3.05, 3.63) is 29.8 Å². The highest BCUT2D eigenvalue weighted by Crippen LogP contribution is 2.30. The van der Waals surface area contributed by atoms with E-state index in [1.165, 1.54) is 18.5 Å². The Morgan fingerprint density at radius 2 is 1.95 bits per heavy atom. The number of rotatable bonds is 6. The second kappa shape index (κ2) is 7.28. The van der Waals surface area contributed by atoms with E-state index < -0.39 is 0 Å².